The van der Waals surface area contributed by atoms with Crippen molar-refractivity contribution < 1.29 is 9.47 Å². The lowest BCUT2D eigenvalue weighted by Crippen LogP contribution is -2.38. The van der Waals surface area contributed by atoms with Gasteiger partial charge in [0.25, 0.3) is 5.56 Å². The molecule has 6 nitrogen and oxygen atoms in total. The van der Waals surface area contributed by atoms with E-state index in [1.807, 2.05) is 19.1 Å². The standard InChI is InChI=1S/C15H18N2O4/c1-10-5-6-12(13(7-10)20-4)21-9-11-8-14(18)17(3)15(19)16(11)2/h5-8H,9H2,1-4H3. The van der Waals surface area contributed by atoms with Gasteiger partial charge in [-0.15, -0.1) is 0 Å². The number of aryl methyl sites for hydroxylation is 1. The van der Waals surface area contributed by atoms with E-state index in [9.17, 15) is 9.59 Å². The maximum Gasteiger partial charge on any atom is 0.330 e. The molecule has 21 heavy (non-hydrogen) atoms. The zero-order valence-electron chi connectivity index (χ0n) is 12.5. The van der Waals surface area contributed by atoms with Gasteiger partial charge >= 0.3 is 5.69 Å². The van der Waals surface area contributed by atoms with Crippen molar-refractivity contribution in [1.82, 2.24) is 9.13 Å². The molecule has 112 valence electrons. The number of nitrogens with zero attached hydrogens (tertiary/aromatic N) is 2. The van der Waals surface area contributed by atoms with E-state index in [1.165, 1.54) is 17.7 Å². The lowest BCUT2D eigenvalue weighted by molar-refractivity contribution is 0.274. The first-order valence-electron chi connectivity index (χ1n) is 6.47. The molecular formula is C15H18N2O4. The number of hydrogen-bond donors (Lipinski definition) is 0. The van der Waals surface area contributed by atoms with Crippen molar-refractivity contribution >= 4 is 0 Å². The van der Waals surface area contributed by atoms with Gasteiger partial charge in [0.15, 0.2) is 11.5 Å². The van der Waals surface area contributed by atoms with Crippen LogP contribution in [0.1, 0.15) is 11.3 Å². The molecule has 0 saturated carbocycles. The van der Waals surface area contributed by atoms with Gasteiger partial charge in [0.05, 0.1) is 12.8 Å². The minimum atomic E-state index is -0.378. The van der Waals surface area contributed by atoms with E-state index in [0.29, 0.717) is 17.2 Å². The first-order valence-corrected chi connectivity index (χ1v) is 6.47. The van der Waals surface area contributed by atoms with Crippen LogP contribution in [0.2, 0.25) is 0 Å². The summed E-state index contributed by atoms with van der Waals surface area (Å²) in [6, 6.07) is 6.95. The minimum absolute atomic E-state index is 0.112. The Labute approximate surface area is 122 Å². The van der Waals surface area contributed by atoms with Crippen molar-refractivity contribution in [2.45, 2.75) is 13.5 Å². The van der Waals surface area contributed by atoms with Gasteiger partial charge in [-0.1, -0.05) is 6.07 Å². The Hall–Kier alpha value is -2.50. The van der Waals surface area contributed by atoms with E-state index in [2.05, 4.69) is 0 Å². The van der Waals surface area contributed by atoms with E-state index in [1.54, 1.807) is 20.2 Å². The lowest BCUT2D eigenvalue weighted by atomic mass is 10.2. The fourth-order valence-electron chi connectivity index (χ4n) is 1.96. The second-order valence-electron chi connectivity index (χ2n) is 4.82. The molecule has 0 aliphatic carbocycles. The van der Waals surface area contributed by atoms with Gasteiger partial charge in [0, 0.05) is 20.2 Å². The molecule has 2 rings (SSSR count). The molecule has 0 unspecified atom stereocenters. The van der Waals surface area contributed by atoms with Gasteiger partial charge in [-0.05, 0) is 24.6 Å². The van der Waals surface area contributed by atoms with Crippen LogP contribution in [0.25, 0.3) is 0 Å². The van der Waals surface area contributed by atoms with Crippen LogP contribution < -0.4 is 20.7 Å². The summed E-state index contributed by atoms with van der Waals surface area (Å²) < 4.78 is 13.4. The Morgan fingerprint density at radius 2 is 1.76 bits per heavy atom. The molecule has 0 amide bonds. The van der Waals surface area contributed by atoms with Crippen molar-refractivity contribution in [1.29, 1.82) is 0 Å². The zero-order valence-corrected chi connectivity index (χ0v) is 12.5. The molecule has 0 aliphatic heterocycles. The lowest BCUT2D eigenvalue weighted by Gasteiger charge is -2.13. The fourth-order valence-corrected chi connectivity index (χ4v) is 1.96. The summed E-state index contributed by atoms with van der Waals surface area (Å²) in [4.78, 5) is 23.5. The number of benzene rings is 1. The number of ether oxygens (including phenoxy) is 2. The second-order valence-corrected chi connectivity index (χ2v) is 4.82. The van der Waals surface area contributed by atoms with E-state index < -0.39 is 0 Å². The largest absolute Gasteiger partial charge is 0.493 e. The van der Waals surface area contributed by atoms with E-state index >= 15 is 0 Å². The van der Waals surface area contributed by atoms with Crippen LogP contribution in [-0.4, -0.2) is 16.2 Å². The van der Waals surface area contributed by atoms with E-state index in [0.717, 1.165) is 10.1 Å². The van der Waals surface area contributed by atoms with Gasteiger partial charge in [-0.2, -0.15) is 0 Å². The highest BCUT2D eigenvalue weighted by Gasteiger charge is 2.09. The number of hydrogen-bond acceptors (Lipinski definition) is 4. The minimum Gasteiger partial charge on any atom is -0.493 e. The highest BCUT2D eigenvalue weighted by molar-refractivity contribution is 5.42. The molecule has 0 saturated heterocycles. The molecule has 6 heteroatoms. The third kappa shape index (κ3) is 2.99. The molecule has 1 aromatic heterocycles. The monoisotopic (exact) mass is 290 g/mol. The number of methoxy groups -OCH3 is 1. The van der Waals surface area contributed by atoms with Gasteiger partial charge in [-0.25, -0.2) is 4.79 Å². The van der Waals surface area contributed by atoms with Crippen LogP contribution >= 0.6 is 0 Å². The summed E-state index contributed by atoms with van der Waals surface area (Å²) >= 11 is 0. The van der Waals surface area contributed by atoms with Crippen LogP contribution in [0.4, 0.5) is 0 Å². The topological polar surface area (TPSA) is 62.5 Å². The number of rotatable bonds is 4. The highest BCUT2D eigenvalue weighted by Crippen LogP contribution is 2.28. The maximum atomic E-state index is 11.8. The summed E-state index contributed by atoms with van der Waals surface area (Å²) in [5.41, 5.74) is 0.829. The van der Waals surface area contributed by atoms with Crippen LogP contribution in [0.5, 0.6) is 11.5 Å². The van der Waals surface area contributed by atoms with Crippen molar-refractivity contribution in [2.24, 2.45) is 14.1 Å². The summed E-state index contributed by atoms with van der Waals surface area (Å²) in [5, 5.41) is 0. The van der Waals surface area contributed by atoms with Crippen LogP contribution in [0.3, 0.4) is 0 Å². The molecule has 0 fully saturated rings. The molecule has 0 spiro atoms. The first kappa shape index (κ1) is 14.9. The summed E-state index contributed by atoms with van der Waals surface area (Å²) in [5.74, 6) is 1.18. The van der Waals surface area contributed by atoms with Gasteiger partial charge in [0.2, 0.25) is 0 Å². The summed E-state index contributed by atoms with van der Waals surface area (Å²) in [7, 11) is 4.61. The van der Waals surface area contributed by atoms with E-state index in [-0.39, 0.29) is 17.9 Å². The SMILES string of the molecule is COc1cc(C)ccc1OCc1cc(=O)n(C)c(=O)n1C. The van der Waals surface area contributed by atoms with Crippen LogP contribution in [0.15, 0.2) is 33.9 Å². The molecule has 1 heterocycles. The smallest absolute Gasteiger partial charge is 0.330 e. The van der Waals surface area contributed by atoms with Crippen molar-refractivity contribution in [3.8, 4) is 11.5 Å². The molecule has 0 bridgehead atoms. The first-order chi connectivity index (χ1) is 9.93. The fraction of sp³-hybridized carbons (Fsp3) is 0.333. The average Bonchev–Trinajstić information content (AvgIpc) is 2.48. The molecule has 0 N–H and O–H groups in total. The Kier molecular flexibility index (Phi) is 4.16. The number of aromatic nitrogens is 2. The molecule has 2 aromatic rings. The van der Waals surface area contributed by atoms with Gasteiger partial charge in [-0.3, -0.25) is 13.9 Å². The second kappa shape index (κ2) is 5.87. The van der Waals surface area contributed by atoms with Gasteiger partial charge in [0.1, 0.15) is 6.61 Å². The third-order valence-corrected chi connectivity index (χ3v) is 3.32. The average molecular weight is 290 g/mol. The van der Waals surface area contributed by atoms with Crippen LogP contribution in [0, 0.1) is 6.92 Å². The predicted molar refractivity (Wildman–Crippen MR) is 79.0 cm³/mol. The predicted octanol–water partition coefficient (Wildman–Crippen LogP) is 0.980. The third-order valence-electron chi connectivity index (χ3n) is 3.32. The van der Waals surface area contributed by atoms with Crippen molar-refractivity contribution in [3.63, 3.8) is 0 Å². The molecular weight excluding hydrogens is 272 g/mol. The molecule has 0 aliphatic rings. The molecule has 0 atom stereocenters. The summed E-state index contributed by atoms with van der Waals surface area (Å²) in [6.07, 6.45) is 0. The Morgan fingerprint density at radius 1 is 1.05 bits per heavy atom. The van der Waals surface area contributed by atoms with Crippen LogP contribution in [-0.2, 0) is 20.7 Å². The van der Waals surface area contributed by atoms with Crippen molar-refractivity contribution in [3.05, 3.63) is 56.4 Å². The normalized spacial score (nSPS) is 10.5. The maximum absolute atomic E-state index is 11.8. The summed E-state index contributed by atoms with van der Waals surface area (Å²) in [6.45, 7) is 2.07. The Morgan fingerprint density at radius 3 is 2.43 bits per heavy atom. The molecule has 1 aromatic carbocycles. The quantitative estimate of drug-likeness (QED) is 0.842. The molecule has 0 radical (unpaired) electrons. The Bertz CT molecular complexity index is 774. The van der Waals surface area contributed by atoms with Gasteiger partial charge < -0.3 is 9.47 Å². The zero-order chi connectivity index (χ0) is 15.6. The highest BCUT2D eigenvalue weighted by atomic mass is 16.5. The Balaban J connectivity index is 2.29. The van der Waals surface area contributed by atoms with E-state index in [4.69, 9.17) is 9.47 Å². The van der Waals surface area contributed by atoms with Crippen molar-refractivity contribution in [2.75, 3.05) is 7.11 Å².